The summed E-state index contributed by atoms with van der Waals surface area (Å²) in [5.74, 6) is 0.240. The van der Waals surface area contributed by atoms with Crippen LogP contribution in [0.1, 0.15) is 11.1 Å². The summed E-state index contributed by atoms with van der Waals surface area (Å²) in [6, 6.07) is 5.44. The van der Waals surface area contributed by atoms with E-state index in [0.29, 0.717) is 17.2 Å². The van der Waals surface area contributed by atoms with Gasteiger partial charge in [-0.05, 0) is 49.3 Å². The van der Waals surface area contributed by atoms with E-state index in [1.54, 1.807) is 23.2 Å². The van der Waals surface area contributed by atoms with E-state index in [-0.39, 0.29) is 12.3 Å². The molecule has 23 heavy (non-hydrogen) atoms. The zero-order valence-electron chi connectivity index (χ0n) is 12.8. The summed E-state index contributed by atoms with van der Waals surface area (Å²) in [4.78, 5) is 13.9. The van der Waals surface area contributed by atoms with Crippen molar-refractivity contribution in [3.05, 3.63) is 53.3 Å². The van der Waals surface area contributed by atoms with Crippen molar-refractivity contribution >= 4 is 21.8 Å². The van der Waals surface area contributed by atoms with Crippen molar-refractivity contribution < 1.29 is 17.9 Å². The monoisotopic (exact) mass is 332 g/mol. The van der Waals surface area contributed by atoms with Crippen LogP contribution in [-0.2, 0) is 14.8 Å². The maximum atomic E-state index is 12.2. The molecule has 2 aliphatic rings. The molecule has 3 rings (SSSR count). The average molecular weight is 332 g/mol. The first kappa shape index (κ1) is 15.5. The van der Waals surface area contributed by atoms with Crippen molar-refractivity contribution in [2.75, 3.05) is 12.3 Å². The van der Waals surface area contributed by atoms with E-state index in [4.69, 9.17) is 4.74 Å². The number of ether oxygens (including phenoxy) is 1. The summed E-state index contributed by atoms with van der Waals surface area (Å²) in [6.45, 7) is 4.20. The molecule has 2 heterocycles. The van der Waals surface area contributed by atoms with Crippen LogP contribution in [0.2, 0.25) is 0 Å². The molecule has 6 nitrogen and oxygen atoms in total. The molecule has 0 amide bonds. The van der Waals surface area contributed by atoms with Crippen LogP contribution in [0.15, 0.2) is 46.5 Å². The molecule has 0 saturated carbocycles. The number of rotatable bonds is 2. The van der Waals surface area contributed by atoms with E-state index in [1.807, 2.05) is 19.9 Å². The number of sulfonamides is 1. The molecule has 0 N–H and O–H groups in total. The van der Waals surface area contributed by atoms with Gasteiger partial charge in [0.25, 0.3) is 10.0 Å². The number of carbonyl (C=O) groups is 1. The van der Waals surface area contributed by atoms with Crippen LogP contribution in [0.4, 0.5) is 0 Å². The fourth-order valence-electron chi connectivity index (χ4n) is 2.27. The second-order valence-electron chi connectivity index (χ2n) is 5.48. The van der Waals surface area contributed by atoms with E-state index in [1.165, 1.54) is 12.2 Å². The number of amidine groups is 1. The molecule has 0 spiro atoms. The van der Waals surface area contributed by atoms with Crippen LogP contribution >= 0.6 is 0 Å². The van der Waals surface area contributed by atoms with Gasteiger partial charge in [0.2, 0.25) is 0 Å². The van der Waals surface area contributed by atoms with Gasteiger partial charge in [0.1, 0.15) is 11.6 Å². The summed E-state index contributed by atoms with van der Waals surface area (Å²) < 4.78 is 32.0. The number of aryl methyl sites for hydroxylation is 2. The number of hydrogen-bond acceptors (Lipinski definition) is 5. The lowest BCUT2D eigenvalue weighted by Crippen LogP contribution is -2.37. The van der Waals surface area contributed by atoms with Gasteiger partial charge < -0.3 is 9.64 Å². The standard InChI is InChI=1S/C16H16N2O4S/c1-11-3-5-14(9-12(11)2)22-16(19)13-4-6-15-17-23(20,21)8-7-18(15)10-13/h3-6,9-10H,7-8H2,1-2H3. The minimum Gasteiger partial charge on any atom is -0.423 e. The van der Waals surface area contributed by atoms with E-state index >= 15 is 0 Å². The van der Waals surface area contributed by atoms with Crippen molar-refractivity contribution in [2.24, 2.45) is 4.40 Å². The first-order chi connectivity index (χ1) is 10.8. The minimum atomic E-state index is -3.40. The van der Waals surface area contributed by atoms with Crippen LogP contribution in [0.3, 0.4) is 0 Å². The van der Waals surface area contributed by atoms with Gasteiger partial charge in [0.15, 0.2) is 0 Å². The van der Waals surface area contributed by atoms with Crippen molar-refractivity contribution in [1.29, 1.82) is 0 Å². The van der Waals surface area contributed by atoms with Gasteiger partial charge >= 0.3 is 5.97 Å². The number of nitrogens with zero attached hydrogens (tertiary/aromatic N) is 2. The molecule has 1 aromatic carbocycles. The lowest BCUT2D eigenvalue weighted by atomic mass is 10.1. The SMILES string of the molecule is Cc1ccc(OC(=O)C2=CN3CCS(=O)(=O)N=C3C=C2)cc1C. The van der Waals surface area contributed by atoms with Gasteiger partial charge in [-0.15, -0.1) is 4.40 Å². The number of carbonyl (C=O) groups excluding carboxylic acids is 1. The summed E-state index contributed by atoms with van der Waals surface area (Å²) in [5, 5.41) is 0. The number of hydrogen-bond donors (Lipinski definition) is 0. The van der Waals surface area contributed by atoms with Crippen molar-refractivity contribution in [2.45, 2.75) is 13.8 Å². The third-order valence-corrected chi connectivity index (χ3v) is 4.91. The Balaban J connectivity index is 1.78. The molecule has 0 fully saturated rings. The molecule has 2 aliphatic heterocycles. The maximum absolute atomic E-state index is 12.2. The highest BCUT2D eigenvalue weighted by Crippen LogP contribution is 2.20. The molecule has 0 aliphatic carbocycles. The van der Waals surface area contributed by atoms with Crippen molar-refractivity contribution in [3.8, 4) is 5.75 Å². The molecule has 0 atom stereocenters. The predicted molar refractivity (Wildman–Crippen MR) is 86.7 cm³/mol. The Morgan fingerprint density at radius 1 is 1.22 bits per heavy atom. The minimum absolute atomic E-state index is 0.0691. The average Bonchev–Trinajstić information content (AvgIpc) is 2.49. The Morgan fingerprint density at radius 3 is 2.74 bits per heavy atom. The Hall–Kier alpha value is -2.41. The van der Waals surface area contributed by atoms with E-state index in [2.05, 4.69) is 4.40 Å². The van der Waals surface area contributed by atoms with Crippen molar-refractivity contribution in [3.63, 3.8) is 0 Å². The Labute approximate surface area is 134 Å². The molecule has 0 radical (unpaired) electrons. The molecular weight excluding hydrogens is 316 g/mol. The third kappa shape index (κ3) is 3.34. The summed E-state index contributed by atoms with van der Waals surface area (Å²) in [7, 11) is -3.40. The van der Waals surface area contributed by atoms with E-state index in [9.17, 15) is 13.2 Å². The molecule has 7 heteroatoms. The molecule has 0 aromatic heterocycles. The zero-order chi connectivity index (χ0) is 16.6. The molecule has 120 valence electrons. The largest absolute Gasteiger partial charge is 0.423 e. The van der Waals surface area contributed by atoms with E-state index in [0.717, 1.165) is 11.1 Å². The topological polar surface area (TPSA) is 76.0 Å². The smallest absolute Gasteiger partial charge is 0.345 e. The fourth-order valence-corrected chi connectivity index (χ4v) is 3.23. The first-order valence-corrected chi connectivity index (χ1v) is 8.74. The maximum Gasteiger partial charge on any atom is 0.345 e. The molecular formula is C16H16N2O4S. The van der Waals surface area contributed by atoms with Crippen LogP contribution in [-0.4, -0.2) is 37.4 Å². The zero-order valence-corrected chi connectivity index (χ0v) is 13.6. The van der Waals surface area contributed by atoms with Gasteiger partial charge in [-0.25, -0.2) is 13.2 Å². The highest BCUT2D eigenvalue weighted by atomic mass is 32.2. The van der Waals surface area contributed by atoms with Crippen LogP contribution in [0.25, 0.3) is 0 Å². The van der Waals surface area contributed by atoms with Gasteiger partial charge in [-0.3, -0.25) is 0 Å². The Bertz CT molecular complexity index is 866. The van der Waals surface area contributed by atoms with Gasteiger partial charge in [-0.2, -0.15) is 0 Å². The van der Waals surface area contributed by atoms with Gasteiger partial charge in [-0.1, -0.05) is 6.07 Å². The van der Waals surface area contributed by atoms with Crippen LogP contribution in [0, 0.1) is 13.8 Å². The summed E-state index contributed by atoms with van der Waals surface area (Å²) in [5.41, 5.74) is 2.51. The Morgan fingerprint density at radius 2 is 2.00 bits per heavy atom. The van der Waals surface area contributed by atoms with Crippen molar-refractivity contribution in [1.82, 2.24) is 4.90 Å². The lowest BCUT2D eigenvalue weighted by molar-refractivity contribution is -0.129. The summed E-state index contributed by atoms with van der Waals surface area (Å²) >= 11 is 0. The van der Waals surface area contributed by atoms with Gasteiger partial charge in [0.05, 0.1) is 11.3 Å². The fraction of sp³-hybridized carbons (Fsp3) is 0.250. The number of esters is 1. The highest BCUT2D eigenvalue weighted by Gasteiger charge is 2.25. The second-order valence-corrected chi connectivity index (χ2v) is 7.24. The Kier molecular flexibility index (Phi) is 3.81. The van der Waals surface area contributed by atoms with Gasteiger partial charge in [0, 0.05) is 12.7 Å². The van der Waals surface area contributed by atoms with Crippen LogP contribution < -0.4 is 4.74 Å². The van der Waals surface area contributed by atoms with Crippen LogP contribution in [0.5, 0.6) is 5.75 Å². The molecule has 1 aromatic rings. The lowest BCUT2D eigenvalue weighted by Gasteiger charge is -2.26. The summed E-state index contributed by atoms with van der Waals surface area (Å²) in [6.07, 6.45) is 4.59. The second kappa shape index (κ2) is 5.66. The highest BCUT2D eigenvalue weighted by molar-refractivity contribution is 7.90. The molecule has 0 bridgehead atoms. The number of benzene rings is 1. The third-order valence-electron chi connectivity index (χ3n) is 3.75. The van der Waals surface area contributed by atoms with E-state index < -0.39 is 16.0 Å². The quantitative estimate of drug-likeness (QED) is 0.609. The molecule has 0 saturated heterocycles. The number of fused-ring (bicyclic) bond motifs is 1. The predicted octanol–water partition coefficient (Wildman–Crippen LogP) is 1.71. The molecule has 0 unspecified atom stereocenters. The normalized spacial score (nSPS) is 18.8. The first-order valence-electron chi connectivity index (χ1n) is 7.13.